The Bertz CT molecular complexity index is 974. The molecule has 0 radical (unpaired) electrons. The van der Waals surface area contributed by atoms with Crippen LogP contribution >= 0.6 is 0 Å². The topological polar surface area (TPSA) is 72.6 Å². The molecule has 30 heavy (non-hydrogen) atoms. The molecule has 3 rings (SSSR count). The van der Waals surface area contributed by atoms with Gasteiger partial charge in [0.15, 0.2) is 0 Å². The standard InChI is InChI=1S/C24H30N2O4/c1-5-16-7-6-8-20-22(15-26-24(16)20)21(14-23(27)25-9-10-28-2)17-11-18(29-3)13-19(12-17)30-4/h6-8,11-13,15,21,26H,5,9-10,14H2,1-4H3,(H,25,27). The van der Waals surface area contributed by atoms with Gasteiger partial charge in [0.05, 0.1) is 20.8 Å². The van der Waals surface area contributed by atoms with E-state index in [9.17, 15) is 4.79 Å². The van der Waals surface area contributed by atoms with E-state index in [-0.39, 0.29) is 11.8 Å². The lowest BCUT2D eigenvalue weighted by Crippen LogP contribution is -2.28. The van der Waals surface area contributed by atoms with Crippen LogP contribution in [-0.4, -0.2) is 45.4 Å². The Morgan fingerprint density at radius 2 is 1.83 bits per heavy atom. The Morgan fingerprint density at radius 1 is 1.10 bits per heavy atom. The van der Waals surface area contributed by atoms with E-state index in [0.29, 0.717) is 31.1 Å². The lowest BCUT2D eigenvalue weighted by atomic mass is 9.87. The van der Waals surface area contributed by atoms with Gasteiger partial charge in [-0.3, -0.25) is 4.79 Å². The van der Waals surface area contributed by atoms with Crippen molar-refractivity contribution in [2.75, 3.05) is 34.5 Å². The van der Waals surface area contributed by atoms with E-state index in [0.717, 1.165) is 28.5 Å². The van der Waals surface area contributed by atoms with Crippen molar-refractivity contribution in [3.05, 3.63) is 59.3 Å². The molecule has 1 amide bonds. The van der Waals surface area contributed by atoms with Crippen molar-refractivity contribution in [2.24, 2.45) is 0 Å². The molecule has 1 aromatic heterocycles. The van der Waals surface area contributed by atoms with Crippen LogP contribution in [0, 0.1) is 0 Å². The number of benzene rings is 2. The molecule has 0 fully saturated rings. The molecule has 1 heterocycles. The molecular weight excluding hydrogens is 380 g/mol. The van der Waals surface area contributed by atoms with Crippen molar-refractivity contribution in [3.63, 3.8) is 0 Å². The molecule has 6 nitrogen and oxygen atoms in total. The normalized spacial score (nSPS) is 12.0. The van der Waals surface area contributed by atoms with Crippen LogP contribution in [0.25, 0.3) is 10.9 Å². The molecule has 1 unspecified atom stereocenters. The molecule has 0 spiro atoms. The summed E-state index contributed by atoms with van der Waals surface area (Å²) in [5.41, 5.74) is 4.42. The van der Waals surface area contributed by atoms with Crippen molar-refractivity contribution >= 4 is 16.8 Å². The predicted octanol–water partition coefficient (Wildman–Crippen LogP) is 4.03. The molecule has 2 N–H and O–H groups in total. The van der Waals surface area contributed by atoms with E-state index < -0.39 is 0 Å². The van der Waals surface area contributed by atoms with E-state index in [1.165, 1.54) is 5.56 Å². The summed E-state index contributed by atoms with van der Waals surface area (Å²) >= 11 is 0. The van der Waals surface area contributed by atoms with Crippen molar-refractivity contribution in [1.29, 1.82) is 0 Å². The van der Waals surface area contributed by atoms with Crippen LogP contribution in [0.3, 0.4) is 0 Å². The number of rotatable bonds is 10. The SMILES string of the molecule is CCc1cccc2c(C(CC(=O)NCCOC)c3cc(OC)cc(OC)c3)c[nH]c12. The number of ether oxygens (including phenoxy) is 3. The van der Waals surface area contributed by atoms with Crippen molar-refractivity contribution < 1.29 is 19.0 Å². The van der Waals surface area contributed by atoms with Gasteiger partial charge in [-0.2, -0.15) is 0 Å². The summed E-state index contributed by atoms with van der Waals surface area (Å²) < 4.78 is 16.0. The third-order valence-electron chi connectivity index (χ3n) is 5.38. The Hall–Kier alpha value is -2.99. The zero-order valence-electron chi connectivity index (χ0n) is 18.1. The van der Waals surface area contributed by atoms with Gasteiger partial charge in [0, 0.05) is 49.2 Å². The zero-order chi connectivity index (χ0) is 21.5. The fourth-order valence-corrected chi connectivity index (χ4v) is 3.81. The van der Waals surface area contributed by atoms with Crippen LogP contribution in [-0.2, 0) is 16.0 Å². The average molecular weight is 411 g/mol. The molecule has 0 bridgehead atoms. The number of aromatic amines is 1. The van der Waals surface area contributed by atoms with Gasteiger partial charge in [0.25, 0.3) is 0 Å². The highest BCUT2D eigenvalue weighted by Crippen LogP contribution is 2.37. The van der Waals surface area contributed by atoms with Crippen molar-refractivity contribution in [1.82, 2.24) is 10.3 Å². The highest BCUT2D eigenvalue weighted by Gasteiger charge is 2.23. The first kappa shape index (κ1) is 21.7. The van der Waals surface area contributed by atoms with Gasteiger partial charge < -0.3 is 24.5 Å². The molecule has 160 valence electrons. The Kier molecular flexibility index (Phi) is 7.36. The minimum absolute atomic E-state index is 0.0279. The van der Waals surface area contributed by atoms with Gasteiger partial charge in [0.2, 0.25) is 5.91 Å². The van der Waals surface area contributed by atoms with Crippen LogP contribution in [0.2, 0.25) is 0 Å². The quantitative estimate of drug-likeness (QED) is 0.495. The number of hydrogen-bond donors (Lipinski definition) is 2. The first-order valence-electron chi connectivity index (χ1n) is 10.2. The fraction of sp³-hybridized carbons (Fsp3) is 0.375. The van der Waals surface area contributed by atoms with Crippen molar-refractivity contribution in [3.8, 4) is 11.5 Å². The molecule has 3 aromatic rings. The fourth-order valence-electron chi connectivity index (χ4n) is 3.81. The molecular formula is C24H30N2O4. The summed E-state index contributed by atoms with van der Waals surface area (Å²) in [6.07, 6.45) is 3.26. The van der Waals surface area contributed by atoms with Crippen LogP contribution < -0.4 is 14.8 Å². The number of amides is 1. The minimum Gasteiger partial charge on any atom is -0.497 e. The highest BCUT2D eigenvalue weighted by atomic mass is 16.5. The van der Waals surface area contributed by atoms with Gasteiger partial charge in [-0.1, -0.05) is 25.1 Å². The molecule has 0 aliphatic carbocycles. The smallest absolute Gasteiger partial charge is 0.221 e. The van der Waals surface area contributed by atoms with E-state index in [4.69, 9.17) is 14.2 Å². The summed E-state index contributed by atoms with van der Waals surface area (Å²) in [6, 6.07) is 12.1. The number of carbonyl (C=O) groups is 1. The van der Waals surface area contributed by atoms with E-state index in [2.05, 4.69) is 35.4 Å². The minimum atomic E-state index is -0.155. The third-order valence-corrected chi connectivity index (χ3v) is 5.38. The van der Waals surface area contributed by atoms with Crippen LogP contribution in [0.1, 0.15) is 36.0 Å². The molecule has 0 aliphatic heterocycles. The number of aromatic nitrogens is 1. The largest absolute Gasteiger partial charge is 0.497 e. The van der Waals surface area contributed by atoms with Crippen LogP contribution in [0.15, 0.2) is 42.6 Å². The van der Waals surface area contributed by atoms with Gasteiger partial charge >= 0.3 is 0 Å². The molecule has 0 saturated carbocycles. The predicted molar refractivity (Wildman–Crippen MR) is 119 cm³/mol. The van der Waals surface area contributed by atoms with E-state index in [1.807, 2.05) is 24.4 Å². The van der Waals surface area contributed by atoms with Gasteiger partial charge in [-0.15, -0.1) is 0 Å². The first-order valence-corrected chi connectivity index (χ1v) is 10.2. The molecule has 0 saturated heterocycles. The summed E-state index contributed by atoms with van der Waals surface area (Å²) in [4.78, 5) is 16.2. The number of methoxy groups -OCH3 is 3. The van der Waals surface area contributed by atoms with Gasteiger partial charge in [-0.05, 0) is 35.2 Å². The second-order valence-electron chi connectivity index (χ2n) is 7.18. The van der Waals surface area contributed by atoms with Crippen molar-refractivity contribution in [2.45, 2.75) is 25.7 Å². The zero-order valence-corrected chi connectivity index (χ0v) is 18.1. The van der Waals surface area contributed by atoms with E-state index >= 15 is 0 Å². The van der Waals surface area contributed by atoms with E-state index in [1.54, 1.807) is 21.3 Å². The first-order chi connectivity index (χ1) is 14.6. The number of carbonyl (C=O) groups excluding carboxylic acids is 1. The van der Waals surface area contributed by atoms with Crippen LogP contribution in [0.5, 0.6) is 11.5 Å². The monoisotopic (exact) mass is 410 g/mol. The summed E-state index contributed by atoms with van der Waals surface area (Å²) in [5.74, 6) is 1.21. The van der Waals surface area contributed by atoms with Gasteiger partial charge in [-0.25, -0.2) is 0 Å². The second kappa shape index (κ2) is 10.2. The lowest BCUT2D eigenvalue weighted by Gasteiger charge is -2.19. The number of aryl methyl sites for hydroxylation is 1. The summed E-state index contributed by atoms with van der Waals surface area (Å²) in [5, 5.41) is 4.07. The Morgan fingerprint density at radius 3 is 2.47 bits per heavy atom. The van der Waals surface area contributed by atoms with Crippen LogP contribution in [0.4, 0.5) is 0 Å². The Balaban J connectivity index is 2.06. The molecule has 2 aromatic carbocycles. The summed E-state index contributed by atoms with van der Waals surface area (Å²) in [6.45, 7) is 3.11. The number of fused-ring (bicyclic) bond motifs is 1. The maximum Gasteiger partial charge on any atom is 0.221 e. The maximum atomic E-state index is 12.7. The second-order valence-corrected chi connectivity index (χ2v) is 7.18. The molecule has 0 aliphatic rings. The molecule has 6 heteroatoms. The highest BCUT2D eigenvalue weighted by molar-refractivity contribution is 5.88. The Labute approximate surface area is 177 Å². The summed E-state index contributed by atoms with van der Waals surface area (Å²) in [7, 11) is 4.88. The number of nitrogens with one attached hydrogen (secondary N) is 2. The molecule has 1 atom stereocenters. The lowest BCUT2D eigenvalue weighted by molar-refractivity contribution is -0.121. The average Bonchev–Trinajstić information content (AvgIpc) is 3.21. The van der Waals surface area contributed by atoms with Gasteiger partial charge in [0.1, 0.15) is 11.5 Å². The number of hydrogen-bond acceptors (Lipinski definition) is 4. The maximum absolute atomic E-state index is 12.7. The number of para-hydroxylation sites is 1. The number of H-pyrrole nitrogens is 1. The third kappa shape index (κ3) is 4.76.